The second kappa shape index (κ2) is 7.51. The number of benzene rings is 2. The first-order valence-electron chi connectivity index (χ1n) is 6.60. The summed E-state index contributed by atoms with van der Waals surface area (Å²) < 4.78 is 0. The summed E-state index contributed by atoms with van der Waals surface area (Å²) in [6, 6.07) is 19.3. The molecule has 2 rings (SSSR count). The molecule has 0 saturated heterocycles. The minimum absolute atomic E-state index is 0.0752. The van der Waals surface area contributed by atoms with Crippen LogP contribution >= 0.6 is 11.8 Å². The second-order valence-electron chi connectivity index (χ2n) is 4.66. The summed E-state index contributed by atoms with van der Waals surface area (Å²) in [6.45, 7) is 0.518. The third kappa shape index (κ3) is 4.66. The number of rotatable bonds is 5. The molecule has 0 bridgehead atoms. The van der Waals surface area contributed by atoms with Crippen LogP contribution in [0.4, 0.5) is 0 Å². The molecule has 0 unspecified atom stereocenters. The lowest BCUT2D eigenvalue weighted by atomic mass is 10.1. The van der Waals surface area contributed by atoms with E-state index in [4.69, 9.17) is 5.26 Å². The van der Waals surface area contributed by atoms with E-state index in [2.05, 4.69) is 6.07 Å². The van der Waals surface area contributed by atoms with Crippen molar-refractivity contribution in [2.75, 3.05) is 12.8 Å². The lowest BCUT2D eigenvalue weighted by Crippen LogP contribution is -2.27. The zero-order chi connectivity index (χ0) is 15.1. The molecule has 0 spiro atoms. The van der Waals surface area contributed by atoms with E-state index in [-0.39, 0.29) is 5.91 Å². The number of carbonyl (C=O) groups is 1. The zero-order valence-electron chi connectivity index (χ0n) is 11.8. The average molecular weight is 296 g/mol. The molecule has 21 heavy (non-hydrogen) atoms. The van der Waals surface area contributed by atoms with Crippen LogP contribution in [0.5, 0.6) is 0 Å². The molecule has 4 heteroatoms. The summed E-state index contributed by atoms with van der Waals surface area (Å²) in [4.78, 5) is 14.9. The highest BCUT2D eigenvalue weighted by Crippen LogP contribution is 2.17. The summed E-state index contributed by atoms with van der Waals surface area (Å²) in [7, 11) is 1.78. The maximum Gasteiger partial charge on any atom is 0.232 e. The predicted octanol–water partition coefficient (Wildman–Crippen LogP) is 3.31. The fourth-order valence-corrected chi connectivity index (χ4v) is 2.73. The number of amides is 1. The van der Waals surface area contributed by atoms with E-state index in [0.29, 0.717) is 17.9 Å². The quantitative estimate of drug-likeness (QED) is 0.795. The van der Waals surface area contributed by atoms with Gasteiger partial charge in [0, 0.05) is 18.5 Å². The molecule has 106 valence electrons. The smallest absolute Gasteiger partial charge is 0.232 e. The van der Waals surface area contributed by atoms with Crippen LogP contribution in [0.3, 0.4) is 0 Å². The molecule has 0 heterocycles. The Morgan fingerprint density at radius 2 is 1.95 bits per heavy atom. The largest absolute Gasteiger partial charge is 0.341 e. The van der Waals surface area contributed by atoms with Crippen molar-refractivity contribution >= 4 is 17.7 Å². The lowest BCUT2D eigenvalue weighted by molar-refractivity contribution is -0.127. The molecule has 2 aromatic rings. The second-order valence-corrected chi connectivity index (χ2v) is 5.71. The molecule has 0 aliphatic carbocycles. The van der Waals surface area contributed by atoms with Crippen LogP contribution in [-0.4, -0.2) is 23.6 Å². The summed E-state index contributed by atoms with van der Waals surface area (Å²) in [5.41, 5.74) is 1.58. The van der Waals surface area contributed by atoms with Gasteiger partial charge in [0.25, 0.3) is 0 Å². The molecular weight excluding hydrogens is 280 g/mol. The van der Waals surface area contributed by atoms with Gasteiger partial charge in [0.05, 0.1) is 17.4 Å². The summed E-state index contributed by atoms with van der Waals surface area (Å²) in [5, 5.41) is 8.88. The Balaban J connectivity index is 1.89. The minimum Gasteiger partial charge on any atom is -0.341 e. The molecule has 0 aromatic heterocycles. The van der Waals surface area contributed by atoms with Crippen LogP contribution in [-0.2, 0) is 11.3 Å². The van der Waals surface area contributed by atoms with Gasteiger partial charge < -0.3 is 4.90 Å². The van der Waals surface area contributed by atoms with Crippen LogP contribution in [0.15, 0.2) is 59.5 Å². The van der Waals surface area contributed by atoms with Gasteiger partial charge in [-0.3, -0.25) is 4.79 Å². The first-order valence-corrected chi connectivity index (χ1v) is 7.58. The first-order chi connectivity index (χ1) is 10.2. The van der Waals surface area contributed by atoms with Crippen molar-refractivity contribution in [2.45, 2.75) is 11.4 Å². The molecular formula is C17H16N2OS. The van der Waals surface area contributed by atoms with Crippen LogP contribution < -0.4 is 0 Å². The van der Waals surface area contributed by atoms with Gasteiger partial charge in [-0.05, 0) is 29.8 Å². The van der Waals surface area contributed by atoms with Crippen LogP contribution in [0.2, 0.25) is 0 Å². The maximum absolute atomic E-state index is 12.1. The third-order valence-electron chi connectivity index (χ3n) is 3.01. The number of hydrogen-bond acceptors (Lipinski definition) is 3. The van der Waals surface area contributed by atoms with E-state index in [9.17, 15) is 4.79 Å². The maximum atomic E-state index is 12.1. The van der Waals surface area contributed by atoms with E-state index in [1.54, 1.807) is 18.0 Å². The van der Waals surface area contributed by atoms with Gasteiger partial charge >= 0.3 is 0 Å². The number of nitriles is 1. The average Bonchev–Trinajstić information content (AvgIpc) is 2.53. The Hall–Kier alpha value is -2.25. The molecule has 2 aromatic carbocycles. The van der Waals surface area contributed by atoms with Gasteiger partial charge in [-0.2, -0.15) is 5.26 Å². The van der Waals surface area contributed by atoms with Crippen molar-refractivity contribution < 1.29 is 4.79 Å². The Bertz CT molecular complexity index is 649. The fourth-order valence-electron chi connectivity index (χ4n) is 1.87. The van der Waals surface area contributed by atoms with Crippen LogP contribution in [0, 0.1) is 11.3 Å². The van der Waals surface area contributed by atoms with Crippen molar-refractivity contribution in [3.05, 3.63) is 65.7 Å². The first kappa shape index (κ1) is 15.1. The molecule has 0 aliphatic rings. The van der Waals surface area contributed by atoms with Gasteiger partial charge in [0.15, 0.2) is 0 Å². The summed E-state index contributed by atoms with van der Waals surface area (Å²) >= 11 is 1.53. The van der Waals surface area contributed by atoms with Gasteiger partial charge in [-0.25, -0.2) is 0 Å². The van der Waals surface area contributed by atoms with Crippen LogP contribution in [0.25, 0.3) is 0 Å². The summed E-state index contributed by atoms with van der Waals surface area (Å²) in [6.07, 6.45) is 0. The SMILES string of the molecule is CN(Cc1cccc(C#N)c1)C(=O)CSc1ccccc1. The summed E-state index contributed by atoms with van der Waals surface area (Å²) in [5.74, 6) is 0.490. The Labute approximate surface area is 129 Å². The number of hydrogen-bond donors (Lipinski definition) is 0. The van der Waals surface area contributed by atoms with E-state index < -0.39 is 0 Å². The monoisotopic (exact) mass is 296 g/mol. The molecule has 0 atom stereocenters. The molecule has 0 radical (unpaired) electrons. The number of nitrogens with zero attached hydrogens (tertiary/aromatic N) is 2. The van der Waals surface area contributed by atoms with Crippen molar-refractivity contribution in [1.82, 2.24) is 4.90 Å². The zero-order valence-corrected chi connectivity index (χ0v) is 12.6. The van der Waals surface area contributed by atoms with Crippen molar-refractivity contribution in [2.24, 2.45) is 0 Å². The van der Waals surface area contributed by atoms with Crippen molar-refractivity contribution in [3.8, 4) is 6.07 Å². The van der Waals surface area contributed by atoms with Crippen molar-refractivity contribution in [1.29, 1.82) is 5.26 Å². The highest BCUT2D eigenvalue weighted by Gasteiger charge is 2.10. The van der Waals surface area contributed by atoms with E-state index in [1.165, 1.54) is 11.8 Å². The third-order valence-corrected chi connectivity index (χ3v) is 4.00. The normalized spacial score (nSPS) is 9.90. The fraction of sp³-hybridized carbons (Fsp3) is 0.176. The van der Waals surface area contributed by atoms with E-state index >= 15 is 0 Å². The van der Waals surface area contributed by atoms with Gasteiger partial charge in [0.2, 0.25) is 5.91 Å². The van der Waals surface area contributed by atoms with Crippen LogP contribution in [0.1, 0.15) is 11.1 Å². The minimum atomic E-state index is 0.0752. The molecule has 0 N–H and O–H groups in total. The highest BCUT2D eigenvalue weighted by molar-refractivity contribution is 8.00. The Morgan fingerprint density at radius 1 is 1.19 bits per heavy atom. The van der Waals surface area contributed by atoms with Gasteiger partial charge in [0.1, 0.15) is 0 Å². The lowest BCUT2D eigenvalue weighted by Gasteiger charge is -2.17. The Morgan fingerprint density at radius 3 is 2.67 bits per heavy atom. The number of thioether (sulfide) groups is 1. The molecule has 0 aliphatic heterocycles. The van der Waals surface area contributed by atoms with E-state index in [1.807, 2.05) is 48.5 Å². The van der Waals surface area contributed by atoms with Gasteiger partial charge in [-0.15, -0.1) is 11.8 Å². The molecule has 0 saturated carbocycles. The van der Waals surface area contributed by atoms with E-state index in [0.717, 1.165) is 10.5 Å². The topological polar surface area (TPSA) is 44.1 Å². The molecule has 1 amide bonds. The molecule has 0 fully saturated rings. The Kier molecular flexibility index (Phi) is 5.42. The van der Waals surface area contributed by atoms with Crippen molar-refractivity contribution in [3.63, 3.8) is 0 Å². The number of carbonyl (C=O) groups excluding carboxylic acids is 1. The van der Waals surface area contributed by atoms with Gasteiger partial charge in [-0.1, -0.05) is 30.3 Å². The molecule has 3 nitrogen and oxygen atoms in total. The highest BCUT2D eigenvalue weighted by atomic mass is 32.2. The standard InChI is InChI=1S/C17H16N2OS/c1-19(12-15-7-5-6-14(10-15)11-18)17(20)13-21-16-8-3-2-4-9-16/h2-10H,12-13H2,1H3. The predicted molar refractivity (Wildman–Crippen MR) is 84.8 cm³/mol.